The number of fused-ring (bicyclic) bond motifs is 1. The molecule has 1 aromatic carbocycles. The third kappa shape index (κ3) is 31.7. The molecule has 0 bridgehead atoms. The van der Waals surface area contributed by atoms with Gasteiger partial charge in [-0.1, -0.05) is 212 Å². The lowest BCUT2D eigenvalue weighted by Crippen LogP contribution is -2.32. The topological polar surface area (TPSA) is 167 Å². The van der Waals surface area contributed by atoms with Gasteiger partial charge in [0.05, 0.1) is 20.1 Å². The van der Waals surface area contributed by atoms with Crippen LogP contribution in [-0.2, 0) is 60.7 Å². The Morgan fingerprint density at radius 1 is 0.545 bits per heavy atom. The summed E-state index contributed by atoms with van der Waals surface area (Å²) in [5, 5.41) is 0. The highest BCUT2D eigenvalue weighted by Gasteiger charge is 2.34. The molecule has 0 saturated heterocycles. The molecule has 13 heteroatoms. The van der Waals surface area contributed by atoms with Crippen LogP contribution in [0.15, 0.2) is 11.6 Å². The van der Waals surface area contributed by atoms with E-state index in [2.05, 4.69) is 13.8 Å². The average Bonchev–Trinajstić information content (AvgIpc) is 3.82. The van der Waals surface area contributed by atoms with E-state index in [9.17, 15) is 28.8 Å². The van der Waals surface area contributed by atoms with Crippen LogP contribution in [0.5, 0.6) is 11.5 Å². The maximum Gasteiger partial charge on any atom is 0.342 e. The van der Waals surface area contributed by atoms with Crippen LogP contribution in [0.3, 0.4) is 0 Å². The monoisotopic (exact) mass is 1080 g/mol. The van der Waals surface area contributed by atoms with Gasteiger partial charge in [0, 0.05) is 36.8 Å². The molecule has 2 rings (SSSR count). The van der Waals surface area contributed by atoms with Gasteiger partial charge >= 0.3 is 35.8 Å². The van der Waals surface area contributed by atoms with Gasteiger partial charge in [-0.2, -0.15) is 0 Å². The average molecular weight is 1080 g/mol. The fourth-order valence-electron chi connectivity index (χ4n) is 9.92. The summed E-state index contributed by atoms with van der Waals surface area (Å²) in [6, 6.07) is 0. The molecule has 1 aliphatic heterocycles. The SMILES string of the molecule is CCCCCCCCCCCCCCCC(=O)OCC(COC(=O)CCCCCCCCCCCCCCC)OC(=O)C(C)CCCCCCCC(=O)Oc1c(C/C=C(\C)CCC(=O)OC)c(OC)c(C)c2c1C(=O)OC2. The first-order chi connectivity index (χ1) is 37.4. The molecule has 0 aliphatic carbocycles. The molecule has 0 amide bonds. The fraction of sp³-hybridized carbons (Fsp3) is 0.781. The van der Waals surface area contributed by atoms with Crippen molar-refractivity contribution < 1.29 is 61.9 Å². The maximum atomic E-state index is 13.4. The lowest BCUT2D eigenvalue weighted by Gasteiger charge is -2.20. The molecule has 0 fully saturated rings. The van der Waals surface area contributed by atoms with E-state index in [-0.39, 0.29) is 61.9 Å². The molecule has 0 aromatic heterocycles. The van der Waals surface area contributed by atoms with E-state index < -0.39 is 29.9 Å². The van der Waals surface area contributed by atoms with Crippen molar-refractivity contribution in [3.05, 3.63) is 33.9 Å². The van der Waals surface area contributed by atoms with Crippen LogP contribution in [0.2, 0.25) is 0 Å². The van der Waals surface area contributed by atoms with E-state index in [1.54, 1.807) is 0 Å². The largest absolute Gasteiger partial charge is 0.496 e. The van der Waals surface area contributed by atoms with Crippen molar-refractivity contribution >= 4 is 35.8 Å². The van der Waals surface area contributed by atoms with Crippen molar-refractivity contribution in [3.63, 3.8) is 0 Å². The zero-order valence-corrected chi connectivity index (χ0v) is 49.5. The van der Waals surface area contributed by atoms with E-state index in [4.69, 9.17) is 33.2 Å². The smallest absolute Gasteiger partial charge is 0.342 e. The number of rotatable bonds is 49. The Morgan fingerprint density at radius 2 is 0.974 bits per heavy atom. The number of allylic oxidation sites excluding steroid dienone is 2. The molecule has 0 radical (unpaired) electrons. The van der Waals surface area contributed by atoms with Gasteiger partial charge in [0.1, 0.15) is 31.1 Å². The molecule has 0 spiro atoms. The number of hydrogen-bond donors (Lipinski definition) is 0. The summed E-state index contributed by atoms with van der Waals surface area (Å²) in [7, 11) is 2.89. The predicted octanol–water partition coefficient (Wildman–Crippen LogP) is 16.3. The first-order valence-corrected chi connectivity index (χ1v) is 30.7. The van der Waals surface area contributed by atoms with Gasteiger partial charge in [0.15, 0.2) is 11.9 Å². The fourth-order valence-corrected chi connectivity index (χ4v) is 9.92. The Morgan fingerprint density at radius 3 is 1.42 bits per heavy atom. The van der Waals surface area contributed by atoms with Crippen molar-refractivity contribution in [3.8, 4) is 11.5 Å². The van der Waals surface area contributed by atoms with E-state index >= 15 is 0 Å². The van der Waals surface area contributed by atoms with Crippen molar-refractivity contribution in [1.82, 2.24) is 0 Å². The van der Waals surface area contributed by atoms with Crippen molar-refractivity contribution in [2.24, 2.45) is 5.92 Å². The first kappa shape index (κ1) is 68.7. The van der Waals surface area contributed by atoms with E-state index in [1.807, 2.05) is 26.8 Å². The molecule has 13 nitrogen and oxygen atoms in total. The molecule has 1 atom stereocenters. The summed E-state index contributed by atoms with van der Waals surface area (Å²) < 4.78 is 38.9. The molecular weight excluding hydrogens is 977 g/mol. The Hall–Kier alpha value is -4.42. The minimum Gasteiger partial charge on any atom is -0.496 e. The Kier molecular flexibility index (Phi) is 39.6. The third-order valence-electron chi connectivity index (χ3n) is 15.0. The third-order valence-corrected chi connectivity index (χ3v) is 15.0. The normalized spacial score (nSPS) is 12.6. The second-order valence-corrected chi connectivity index (χ2v) is 21.8. The number of ether oxygens (including phenoxy) is 7. The van der Waals surface area contributed by atoms with Gasteiger partial charge in [0.2, 0.25) is 0 Å². The Balaban J connectivity index is 1.82. The maximum absolute atomic E-state index is 13.4. The van der Waals surface area contributed by atoms with Gasteiger partial charge in [-0.05, 0) is 57.9 Å². The van der Waals surface area contributed by atoms with Gasteiger partial charge < -0.3 is 33.2 Å². The summed E-state index contributed by atoms with van der Waals surface area (Å²) >= 11 is 0. The highest BCUT2D eigenvalue weighted by Crippen LogP contribution is 2.43. The van der Waals surface area contributed by atoms with Crippen molar-refractivity contribution in [2.45, 2.75) is 291 Å². The summed E-state index contributed by atoms with van der Waals surface area (Å²) in [5.74, 6) is -2.17. The summed E-state index contributed by atoms with van der Waals surface area (Å²) in [5.41, 5.74) is 3.13. The molecule has 77 heavy (non-hydrogen) atoms. The summed E-state index contributed by atoms with van der Waals surface area (Å²) in [6.45, 7) is 9.82. The Labute approximate surface area is 466 Å². The lowest BCUT2D eigenvalue weighted by atomic mass is 9.94. The zero-order valence-electron chi connectivity index (χ0n) is 49.5. The van der Waals surface area contributed by atoms with Gasteiger partial charge in [-0.25, -0.2) is 4.79 Å². The number of cyclic esters (lactones) is 1. The second kappa shape index (κ2) is 44.4. The van der Waals surface area contributed by atoms with E-state index in [1.165, 1.54) is 143 Å². The minimum atomic E-state index is -0.890. The predicted molar refractivity (Wildman–Crippen MR) is 305 cm³/mol. The quantitative estimate of drug-likeness (QED) is 0.0199. The first-order valence-electron chi connectivity index (χ1n) is 30.7. The number of carbonyl (C=O) groups excluding carboxylic acids is 6. The highest BCUT2D eigenvalue weighted by atomic mass is 16.6. The zero-order chi connectivity index (χ0) is 56.3. The van der Waals surface area contributed by atoms with E-state index in [0.717, 1.165) is 75.3 Å². The van der Waals surface area contributed by atoms with Crippen LogP contribution in [0.25, 0.3) is 0 Å². The van der Waals surface area contributed by atoms with Crippen LogP contribution in [0.1, 0.15) is 292 Å². The number of esters is 6. The number of benzene rings is 1. The minimum absolute atomic E-state index is 0.0656. The number of hydrogen-bond acceptors (Lipinski definition) is 13. The molecular formula is C64H106O13. The molecule has 0 saturated carbocycles. The summed E-state index contributed by atoms with van der Waals surface area (Å²) in [4.78, 5) is 76.9. The van der Waals surface area contributed by atoms with Crippen molar-refractivity contribution in [1.29, 1.82) is 0 Å². The van der Waals surface area contributed by atoms with E-state index in [0.29, 0.717) is 55.4 Å². The lowest BCUT2D eigenvalue weighted by molar-refractivity contribution is -0.169. The molecule has 1 heterocycles. The standard InChI is InChI=1S/C64H106O13/c1-8-10-12-14-16-18-20-22-24-26-28-32-36-40-57(66)73-47-53(48-74-58(67)41-37-33-29-27-25-23-21-19-17-15-13-11-9-2)76-63(69)51(4)39-35-31-30-34-38-42-59(68)77-62-54(45-43-50(3)44-46-56(65)71-6)61(72-7)52(5)55-49-75-64(70)60(55)62/h43,51,53H,8-42,44-49H2,1-7H3/b50-43+. The molecule has 440 valence electrons. The number of unbranched alkanes of at least 4 members (excludes halogenated alkanes) is 28. The molecule has 1 aliphatic rings. The molecule has 1 unspecified atom stereocenters. The van der Waals surface area contributed by atoms with Gasteiger partial charge in [-0.3, -0.25) is 24.0 Å². The molecule has 1 aromatic rings. The highest BCUT2D eigenvalue weighted by molar-refractivity contribution is 5.99. The van der Waals surface area contributed by atoms with Crippen LogP contribution in [0, 0.1) is 12.8 Å². The van der Waals surface area contributed by atoms with Crippen molar-refractivity contribution in [2.75, 3.05) is 27.4 Å². The summed E-state index contributed by atoms with van der Waals surface area (Å²) in [6.07, 6.45) is 38.9. The number of methoxy groups -OCH3 is 2. The van der Waals surface area contributed by atoms with Gasteiger partial charge in [0.25, 0.3) is 0 Å². The second-order valence-electron chi connectivity index (χ2n) is 21.8. The van der Waals surface area contributed by atoms with Crippen LogP contribution >= 0.6 is 0 Å². The van der Waals surface area contributed by atoms with Crippen LogP contribution in [-0.4, -0.2) is 69.4 Å². The molecule has 0 N–H and O–H groups in total. The Bertz CT molecular complexity index is 1810. The number of carbonyl (C=O) groups is 6. The van der Waals surface area contributed by atoms with Crippen LogP contribution < -0.4 is 9.47 Å². The van der Waals surface area contributed by atoms with Crippen LogP contribution in [0.4, 0.5) is 0 Å². The van der Waals surface area contributed by atoms with Gasteiger partial charge in [-0.15, -0.1) is 0 Å².